The number of amides is 1. The average molecular weight is 243 g/mol. The molecule has 0 atom stereocenters. The fourth-order valence-electron chi connectivity index (χ4n) is 2.06. The van der Waals surface area contributed by atoms with Crippen LogP contribution < -0.4 is 10.6 Å². The van der Waals surface area contributed by atoms with Gasteiger partial charge in [0.2, 0.25) is 5.95 Å². The van der Waals surface area contributed by atoms with E-state index in [0.29, 0.717) is 11.5 Å². The summed E-state index contributed by atoms with van der Waals surface area (Å²) in [7, 11) is 0. The van der Waals surface area contributed by atoms with Crippen molar-refractivity contribution in [3.63, 3.8) is 0 Å². The van der Waals surface area contributed by atoms with Gasteiger partial charge >= 0.3 is 0 Å². The molecule has 2 heterocycles. The predicted octanol–water partition coefficient (Wildman–Crippen LogP) is 0.703. The zero-order valence-corrected chi connectivity index (χ0v) is 9.73. The molecule has 0 saturated carbocycles. The van der Waals surface area contributed by atoms with E-state index in [1.807, 2.05) is 18.2 Å². The summed E-state index contributed by atoms with van der Waals surface area (Å²) in [5, 5.41) is 12.2. The van der Waals surface area contributed by atoms with E-state index in [2.05, 4.69) is 25.8 Å². The number of fused-ring (bicyclic) bond motifs is 1. The second-order valence-electron chi connectivity index (χ2n) is 4.20. The predicted molar refractivity (Wildman–Crippen MR) is 66.2 cm³/mol. The number of nitrogens with one attached hydrogen (secondary N) is 3. The molecule has 0 saturated heterocycles. The maximum Gasteiger partial charge on any atom is 0.258 e. The Kier molecular flexibility index (Phi) is 2.77. The number of rotatable bonds is 2. The van der Waals surface area contributed by atoms with Gasteiger partial charge in [0.25, 0.3) is 5.91 Å². The van der Waals surface area contributed by atoms with E-state index in [4.69, 9.17) is 0 Å². The Morgan fingerprint density at radius 2 is 2.28 bits per heavy atom. The van der Waals surface area contributed by atoms with Gasteiger partial charge in [-0.1, -0.05) is 6.07 Å². The molecule has 6 nitrogen and oxygen atoms in total. The molecule has 0 radical (unpaired) electrons. The number of aromatic nitrogens is 3. The molecule has 3 rings (SSSR count). The number of hydrogen-bond donors (Lipinski definition) is 3. The lowest BCUT2D eigenvalue weighted by Gasteiger charge is -2.17. The molecule has 1 aliphatic heterocycles. The third kappa shape index (κ3) is 2.10. The summed E-state index contributed by atoms with van der Waals surface area (Å²) in [6.07, 6.45) is 2.31. The zero-order chi connectivity index (χ0) is 12.4. The molecule has 18 heavy (non-hydrogen) atoms. The summed E-state index contributed by atoms with van der Waals surface area (Å²) < 4.78 is 0. The van der Waals surface area contributed by atoms with Gasteiger partial charge in [0.1, 0.15) is 6.33 Å². The van der Waals surface area contributed by atoms with Gasteiger partial charge < -0.3 is 5.32 Å². The van der Waals surface area contributed by atoms with E-state index in [0.717, 1.165) is 19.5 Å². The fraction of sp³-hybridized carbons (Fsp3) is 0.250. The van der Waals surface area contributed by atoms with Gasteiger partial charge in [-0.05, 0) is 36.2 Å². The highest BCUT2D eigenvalue weighted by atomic mass is 16.1. The van der Waals surface area contributed by atoms with Crippen molar-refractivity contribution in [1.82, 2.24) is 20.5 Å². The topological polar surface area (TPSA) is 82.7 Å². The Bertz CT molecular complexity index is 564. The van der Waals surface area contributed by atoms with Crippen LogP contribution in [0.25, 0.3) is 0 Å². The van der Waals surface area contributed by atoms with Crippen molar-refractivity contribution in [3.05, 3.63) is 41.2 Å². The summed E-state index contributed by atoms with van der Waals surface area (Å²) in [5.41, 5.74) is 3.14. The Hall–Kier alpha value is -2.21. The van der Waals surface area contributed by atoms with Crippen LogP contribution in [0.1, 0.15) is 21.5 Å². The Balaban J connectivity index is 1.81. The lowest BCUT2D eigenvalue weighted by Crippen LogP contribution is -2.24. The van der Waals surface area contributed by atoms with Gasteiger partial charge in [0, 0.05) is 12.1 Å². The number of hydrogen-bond acceptors (Lipinski definition) is 4. The van der Waals surface area contributed by atoms with Crippen molar-refractivity contribution in [2.75, 3.05) is 11.9 Å². The minimum atomic E-state index is -0.173. The van der Waals surface area contributed by atoms with Gasteiger partial charge in [0.15, 0.2) is 0 Å². The smallest absolute Gasteiger partial charge is 0.258 e. The van der Waals surface area contributed by atoms with Crippen LogP contribution >= 0.6 is 0 Å². The third-order valence-electron chi connectivity index (χ3n) is 3.00. The van der Waals surface area contributed by atoms with Gasteiger partial charge in [-0.25, -0.2) is 5.10 Å². The van der Waals surface area contributed by atoms with E-state index in [9.17, 15) is 4.79 Å². The Labute approximate surface area is 104 Å². The van der Waals surface area contributed by atoms with Gasteiger partial charge in [0.05, 0.1) is 0 Å². The molecule has 0 fully saturated rings. The standard InChI is InChI=1S/C12H13N5O/c18-11(16-12-14-7-15-17-12)9-1-2-10-6-13-4-3-8(10)5-9/h1-2,5,7,13H,3-4,6H2,(H2,14,15,16,17,18). The summed E-state index contributed by atoms with van der Waals surface area (Å²) >= 11 is 0. The Morgan fingerprint density at radius 3 is 3.11 bits per heavy atom. The largest absolute Gasteiger partial charge is 0.312 e. The Morgan fingerprint density at radius 1 is 1.33 bits per heavy atom. The van der Waals surface area contributed by atoms with Crippen LogP contribution in [0.2, 0.25) is 0 Å². The molecule has 1 aliphatic rings. The van der Waals surface area contributed by atoms with Crippen molar-refractivity contribution in [2.45, 2.75) is 13.0 Å². The van der Waals surface area contributed by atoms with Gasteiger partial charge in [-0.2, -0.15) is 10.1 Å². The van der Waals surface area contributed by atoms with Crippen molar-refractivity contribution < 1.29 is 4.79 Å². The number of carbonyl (C=O) groups excluding carboxylic acids is 1. The maximum absolute atomic E-state index is 12.0. The van der Waals surface area contributed by atoms with Crippen molar-refractivity contribution in [3.8, 4) is 0 Å². The number of carbonyl (C=O) groups is 1. The molecule has 0 bridgehead atoms. The first kappa shape index (κ1) is 10.9. The van der Waals surface area contributed by atoms with Gasteiger partial charge in [-0.15, -0.1) is 0 Å². The summed E-state index contributed by atoms with van der Waals surface area (Å²) in [4.78, 5) is 15.8. The zero-order valence-electron chi connectivity index (χ0n) is 9.73. The third-order valence-corrected chi connectivity index (χ3v) is 3.00. The van der Waals surface area contributed by atoms with Crippen molar-refractivity contribution >= 4 is 11.9 Å². The first-order valence-corrected chi connectivity index (χ1v) is 5.82. The molecule has 2 aromatic rings. The van der Waals surface area contributed by atoms with Crippen LogP contribution in [0, 0.1) is 0 Å². The number of H-pyrrole nitrogens is 1. The van der Waals surface area contributed by atoms with E-state index in [-0.39, 0.29) is 5.91 Å². The molecule has 1 aromatic carbocycles. The van der Waals surface area contributed by atoms with Crippen LogP contribution in [0.3, 0.4) is 0 Å². The number of nitrogens with zero attached hydrogens (tertiary/aromatic N) is 2. The average Bonchev–Trinajstić information content (AvgIpc) is 2.91. The second-order valence-corrected chi connectivity index (χ2v) is 4.20. The molecule has 0 unspecified atom stereocenters. The summed E-state index contributed by atoms with van der Waals surface area (Å²) in [5.74, 6) is 0.187. The SMILES string of the molecule is O=C(Nc1ncn[nH]1)c1ccc2c(c1)CCNC2. The highest BCUT2D eigenvalue weighted by Crippen LogP contribution is 2.16. The lowest BCUT2D eigenvalue weighted by atomic mass is 9.98. The molecule has 1 aromatic heterocycles. The molecular formula is C12H13N5O. The van der Waals surface area contributed by atoms with Crippen LogP contribution in [0.4, 0.5) is 5.95 Å². The van der Waals surface area contributed by atoms with Crippen LogP contribution in [0.15, 0.2) is 24.5 Å². The van der Waals surface area contributed by atoms with E-state index in [1.165, 1.54) is 17.5 Å². The van der Waals surface area contributed by atoms with Crippen molar-refractivity contribution in [1.29, 1.82) is 0 Å². The van der Waals surface area contributed by atoms with Crippen LogP contribution in [-0.2, 0) is 13.0 Å². The number of aromatic amines is 1. The molecule has 0 spiro atoms. The quantitative estimate of drug-likeness (QED) is 0.725. The monoisotopic (exact) mass is 243 g/mol. The first-order chi connectivity index (χ1) is 8.83. The van der Waals surface area contributed by atoms with Crippen molar-refractivity contribution in [2.24, 2.45) is 0 Å². The van der Waals surface area contributed by atoms with Gasteiger partial charge in [-0.3, -0.25) is 10.1 Å². The minimum Gasteiger partial charge on any atom is -0.312 e. The van der Waals surface area contributed by atoms with Crippen LogP contribution in [0.5, 0.6) is 0 Å². The fourth-order valence-corrected chi connectivity index (χ4v) is 2.06. The van der Waals surface area contributed by atoms with E-state index >= 15 is 0 Å². The van der Waals surface area contributed by atoms with Crippen LogP contribution in [-0.4, -0.2) is 27.6 Å². The molecular weight excluding hydrogens is 230 g/mol. The highest BCUT2D eigenvalue weighted by Gasteiger charge is 2.13. The normalized spacial score (nSPS) is 14.0. The minimum absolute atomic E-state index is 0.173. The summed E-state index contributed by atoms with van der Waals surface area (Å²) in [6, 6.07) is 5.77. The highest BCUT2D eigenvalue weighted by molar-refractivity contribution is 6.03. The van der Waals surface area contributed by atoms with E-state index < -0.39 is 0 Å². The number of benzene rings is 1. The second kappa shape index (κ2) is 4.58. The maximum atomic E-state index is 12.0. The molecule has 1 amide bonds. The number of anilines is 1. The molecule has 92 valence electrons. The summed E-state index contributed by atoms with van der Waals surface area (Å²) in [6.45, 7) is 1.83. The molecule has 0 aliphatic carbocycles. The first-order valence-electron chi connectivity index (χ1n) is 5.82. The van der Waals surface area contributed by atoms with E-state index in [1.54, 1.807) is 0 Å². The molecule has 3 N–H and O–H groups in total. The molecule has 6 heteroatoms. The lowest BCUT2D eigenvalue weighted by molar-refractivity contribution is 0.102.